The molecule has 2 aromatic rings. The normalized spacial score (nSPS) is 21.6. The van der Waals surface area contributed by atoms with Crippen LogP contribution in [0.1, 0.15) is 30.5 Å². The predicted molar refractivity (Wildman–Crippen MR) is 120 cm³/mol. The Morgan fingerprint density at radius 3 is 2.64 bits per heavy atom. The number of nitrogens with zero attached hydrogens (tertiary/aromatic N) is 2. The van der Waals surface area contributed by atoms with Crippen LogP contribution in [0.15, 0.2) is 57.2 Å². The van der Waals surface area contributed by atoms with Crippen LogP contribution in [0.25, 0.3) is 0 Å². The maximum Gasteiger partial charge on any atom is 0.0664 e. The summed E-state index contributed by atoms with van der Waals surface area (Å²) >= 11 is 3.75. The molecule has 0 spiro atoms. The van der Waals surface area contributed by atoms with Gasteiger partial charge in [0.25, 0.3) is 0 Å². The number of β-amino-alcohol motifs (C(OH)–C–C–N with tert-alkyl or cyclic N) is 1. The first-order valence-electron chi connectivity index (χ1n) is 10.3. The average Bonchev–Trinajstić information content (AvgIpc) is 2.90. The predicted octanol–water partition coefficient (Wildman–Crippen LogP) is 4.55. The van der Waals surface area contributed by atoms with Crippen LogP contribution >= 0.6 is 23.5 Å². The summed E-state index contributed by atoms with van der Waals surface area (Å²) in [6.45, 7) is 7.08. The van der Waals surface area contributed by atoms with Crippen molar-refractivity contribution in [1.82, 2.24) is 9.80 Å². The van der Waals surface area contributed by atoms with Gasteiger partial charge in [-0.1, -0.05) is 36.9 Å². The molecule has 3 nitrogen and oxygen atoms in total. The van der Waals surface area contributed by atoms with Gasteiger partial charge in [-0.3, -0.25) is 9.80 Å². The SMILES string of the molecule is CCC(O)CN1CCN(C2Cc3ccccc3Sc3ccc(SC)cc32)CC1. The molecular weight excluding hydrogens is 384 g/mol. The summed E-state index contributed by atoms with van der Waals surface area (Å²) < 4.78 is 0. The Morgan fingerprint density at radius 1 is 1.11 bits per heavy atom. The van der Waals surface area contributed by atoms with Crippen LogP contribution in [0.2, 0.25) is 0 Å². The summed E-state index contributed by atoms with van der Waals surface area (Å²) in [5.74, 6) is 0. The third-order valence-corrected chi connectivity index (χ3v) is 7.90. The van der Waals surface area contributed by atoms with Crippen molar-refractivity contribution in [3.63, 3.8) is 0 Å². The van der Waals surface area contributed by atoms with Gasteiger partial charge in [-0.25, -0.2) is 0 Å². The Morgan fingerprint density at radius 2 is 1.89 bits per heavy atom. The molecule has 0 radical (unpaired) electrons. The van der Waals surface area contributed by atoms with E-state index in [9.17, 15) is 5.11 Å². The molecule has 0 aliphatic carbocycles. The summed E-state index contributed by atoms with van der Waals surface area (Å²) in [5.41, 5.74) is 2.94. The van der Waals surface area contributed by atoms with E-state index < -0.39 is 0 Å². The minimum atomic E-state index is -0.197. The van der Waals surface area contributed by atoms with Gasteiger partial charge in [-0.2, -0.15) is 0 Å². The fourth-order valence-electron chi connectivity index (χ4n) is 4.23. The molecule has 4 rings (SSSR count). The molecule has 5 heteroatoms. The quantitative estimate of drug-likeness (QED) is 0.725. The van der Waals surface area contributed by atoms with Gasteiger partial charge in [0.1, 0.15) is 0 Å². The Balaban J connectivity index is 1.59. The molecule has 2 heterocycles. The van der Waals surface area contributed by atoms with E-state index >= 15 is 0 Å². The number of benzene rings is 2. The number of rotatable bonds is 5. The van der Waals surface area contributed by atoms with Gasteiger partial charge >= 0.3 is 0 Å². The second-order valence-corrected chi connectivity index (χ2v) is 9.70. The van der Waals surface area contributed by atoms with Crippen LogP contribution in [-0.2, 0) is 6.42 Å². The number of fused-ring (bicyclic) bond motifs is 2. The van der Waals surface area contributed by atoms with Crippen molar-refractivity contribution in [1.29, 1.82) is 0 Å². The highest BCUT2D eigenvalue weighted by Crippen LogP contribution is 2.44. The van der Waals surface area contributed by atoms with Crippen molar-refractivity contribution >= 4 is 23.5 Å². The van der Waals surface area contributed by atoms with Gasteiger partial charge in [0.05, 0.1) is 6.10 Å². The molecule has 2 atom stereocenters. The van der Waals surface area contributed by atoms with Crippen molar-refractivity contribution in [3.05, 3.63) is 53.6 Å². The molecule has 0 aromatic heterocycles. The lowest BCUT2D eigenvalue weighted by Crippen LogP contribution is -2.49. The molecule has 2 aromatic carbocycles. The van der Waals surface area contributed by atoms with Crippen molar-refractivity contribution in [2.45, 2.75) is 46.6 Å². The van der Waals surface area contributed by atoms with Gasteiger partial charge in [-0.15, -0.1) is 11.8 Å². The standard InChI is InChI=1S/C23H30N2OS2/c1-3-18(26)16-24-10-12-25(13-11-24)21-14-17-6-4-5-7-22(17)28-23-9-8-19(27-2)15-20(21)23/h4-9,15,18,21,26H,3,10-14,16H2,1-2H3. The van der Waals surface area contributed by atoms with Crippen molar-refractivity contribution in [2.24, 2.45) is 0 Å². The smallest absolute Gasteiger partial charge is 0.0664 e. The van der Waals surface area contributed by atoms with Gasteiger partial charge in [0, 0.05) is 53.5 Å². The van der Waals surface area contributed by atoms with Crippen LogP contribution in [0.5, 0.6) is 0 Å². The molecule has 28 heavy (non-hydrogen) atoms. The van der Waals surface area contributed by atoms with E-state index in [0.717, 1.165) is 45.6 Å². The molecule has 2 aliphatic rings. The van der Waals surface area contributed by atoms with Crippen molar-refractivity contribution in [2.75, 3.05) is 39.0 Å². The summed E-state index contributed by atoms with van der Waals surface area (Å²) in [6, 6.07) is 16.3. The third-order valence-electron chi connectivity index (χ3n) is 5.97. The highest BCUT2D eigenvalue weighted by molar-refractivity contribution is 7.99. The first-order chi connectivity index (χ1) is 13.7. The zero-order chi connectivity index (χ0) is 19.5. The minimum Gasteiger partial charge on any atom is -0.392 e. The van der Waals surface area contributed by atoms with Gasteiger partial charge in [0.2, 0.25) is 0 Å². The van der Waals surface area contributed by atoms with E-state index in [1.807, 2.05) is 23.5 Å². The summed E-state index contributed by atoms with van der Waals surface area (Å²) in [5, 5.41) is 10.00. The van der Waals surface area contributed by atoms with Crippen molar-refractivity contribution in [3.8, 4) is 0 Å². The van der Waals surface area contributed by atoms with E-state index in [4.69, 9.17) is 0 Å². The number of hydrogen-bond donors (Lipinski definition) is 1. The van der Waals surface area contributed by atoms with Crippen LogP contribution in [0, 0.1) is 0 Å². The van der Waals surface area contributed by atoms with Crippen LogP contribution in [0.4, 0.5) is 0 Å². The summed E-state index contributed by atoms with van der Waals surface area (Å²) in [7, 11) is 0. The molecular formula is C23H30N2OS2. The first-order valence-corrected chi connectivity index (χ1v) is 12.3. The number of hydrogen-bond acceptors (Lipinski definition) is 5. The number of piperazine rings is 1. The average molecular weight is 415 g/mol. The first kappa shape index (κ1) is 20.3. The van der Waals surface area contributed by atoms with E-state index in [0.29, 0.717) is 6.04 Å². The molecule has 2 aliphatic heterocycles. The zero-order valence-corrected chi connectivity index (χ0v) is 18.4. The largest absolute Gasteiger partial charge is 0.392 e. The summed E-state index contributed by atoms with van der Waals surface area (Å²) in [6.07, 6.45) is 3.87. The lowest BCUT2D eigenvalue weighted by molar-refractivity contribution is 0.0541. The van der Waals surface area contributed by atoms with Crippen LogP contribution < -0.4 is 0 Å². The topological polar surface area (TPSA) is 26.7 Å². The lowest BCUT2D eigenvalue weighted by atomic mass is 9.96. The van der Waals surface area contributed by atoms with Crippen LogP contribution in [0.3, 0.4) is 0 Å². The number of thioether (sulfide) groups is 1. The molecule has 150 valence electrons. The number of aliphatic hydroxyl groups is 1. The Labute approximate surface area is 177 Å². The second-order valence-electron chi connectivity index (χ2n) is 7.73. The van der Waals surface area contributed by atoms with Gasteiger partial charge in [-0.05, 0) is 54.5 Å². The second kappa shape index (κ2) is 9.23. The minimum absolute atomic E-state index is 0.197. The van der Waals surface area contributed by atoms with Crippen molar-refractivity contribution < 1.29 is 5.11 Å². The Kier molecular flexibility index (Phi) is 6.69. The van der Waals surface area contributed by atoms with E-state index in [1.165, 1.54) is 25.8 Å². The molecule has 1 saturated heterocycles. The highest BCUT2D eigenvalue weighted by Gasteiger charge is 2.30. The van der Waals surface area contributed by atoms with E-state index in [-0.39, 0.29) is 6.10 Å². The molecule has 1 fully saturated rings. The molecule has 0 bridgehead atoms. The Bertz CT molecular complexity index is 805. The monoisotopic (exact) mass is 414 g/mol. The fraction of sp³-hybridized carbons (Fsp3) is 0.478. The molecule has 0 amide bonds. The fourth-order valence-corrected chi connectivity index (χ4v) is 5.79. The number of aliphatic hydroxyl groups excluding tert-OH is 1. The van der Waals surface area contributed by atoms with E-state index in [2.05, 4.69) is 65.4 Å². The molecule has 2 unspecified atom stereocenters. The highest BCUT2D eigenvalue weighted by atomic mass is 32.2. The molecule has 0 saturated carbocycles. The molecule has 1 N–H and O–H groups in total. The maximum atomic E-state index is 10.00. The Hall–Kier alpha value is -0.980. The summed E-state index contributed by atoms with van der Waals surface area (Å²) in [4.78, 5) is 9.23. The van der Waals surface area contributed by atoms with Gasteiger partial charge < -0.3 is 5.11 Å². The maximum absolute atomic E-state index is 10.00. The lowest BCUT2D eigenvalue weighted by Gasteiger charge is -2.40. The van der Waals surface area contributed by atoms with E-state index in [1.54, 1.807) is 0 Å². The van der Waals surface area contributed by atoms with Gasteiger partial charge in [0.15, 0.2) is 0 Å². The third kappa shape index (κ3) is 4.44. The van der Waals surface area contributed by atoms with Crippen LogP contribution in [-0.4, -0.2) is 60.0 Å². The zero-order valence-electron chi connectivity index (χ0n) is 16.8.